The SMILES string of the molecule is CN(Cc1nc2ccccc2n1CC1CCNCC1)C1CCCc2cccnc21. The van der Waals surface area contributed by atoms with Crippen LogP contribution in [0.15, 0.2) is 42.6 Å². The smallest absolute Gasteiger partial charge is 0.124 e. The number of hydrogen-bond donors (Lipinski definition) is 1. The number of fused-ring (bicyclic) bond motifs is 2. The average Bonchev–Trinajstić information content (AvgIpc) is 3.11. The summed E-state index contributed by atoms with van der Waals surface area (Å²) in [6.07, 6.45) is 8.01. The lowest BCUT2D eigenvalue weighted by Crippen LogP contribution is -2.32. The van der Waals surface area contributed by atoms with Crippen molar-refractivity contribution in [2.45, 2.75) is 51.2 Å². The van der Waals surface area contributed by atoms with Crippen molar-refractivity contribution in [2.24, 2.45) is 5.92 Å². The Morgan fingerprint density at radius 1 is 1.10 bits per heavy atom. The summed E-state index contributed by atoms with van der Waals surface area (Å²) < 4.78 is 2.49. The number of aryl methyl sites for hydroxylation is 1. The molecule has 0 amide bonds. The first-order chi connectivity index (χ1) is 14.3. The van der Waals surface area contributed by atoms with Gasteiger partial charge >= 0.3 is 0 Å². The van der Waals surface area contributed by atoms with E-state index >= 15 is 0 Å². The topological polar surface area (TPSA) is 46.0 Å². The van der Waals surface area contributed by atoms with Crippen LogP contribution >= 0.6 is 0 Å². The summed E-state index contributed by atoms with van der Waals surface area (Å²) >= 11 is 0. The lowest BCUT2D eigenvalue weighted by Gasteiger charge is -2.32. The second kappa shape index (κ2) is 8.25. The average molecular weight is 390 g/mol. The molecule has 1 aliphatic heterocycles. The Morgan fingerprint density at radius 2 is 1.97 bits per heavy atom. The third-order valence-corrected chi connectivity index (χ3v) is 6.72. The van der Waals surface area contributed by atoms with Gasteiger partial charge in [-0.15, -0.1) is 0 Å². The zero-order chi connectivity index (χ0) is 19.6. The molecule has 1 saturated heterocycles. The molecule has 0 bridgehead atoms. The van der Waals surface area contributed by atoms with Crippen molar-refractivity contribution in [3.63, 3.8) is 0 Å². The Labute approximate surface area is 173 Å². The van der Waals surface area contributed by atoms with Crippen LogP contribution < -0.4 is 5.32 Å². The highest BCUT2D eigenvalue weighted by atomic mass is 15.2. The molecule has 152 valence electrons. The number of para-hydroxylation sites is 2. The van der Waals surface area contributed by atoms with Gasteiger partial charge in [0.2, 0.25) is 0 Å². The monoisotopic (exact) mass is 389 g/mol. The van der Waals surface area contributed by atoms with Gasteiger partial charge in [0.25, 0.3) is 0 Å². The van der Waals surface area contributed by atoms with E-state index in [1.807, 2.05) is 6.20 Å². The molecule has 1 fully saturated rings. The van der Waals surface area contributed by atoms with E-state index in [2.05, 4.69) is 58.2 Å². The van der Waals surface area contributed by atoms with Crippen LogP contribution in [0, 0.1) is 5.92 Å². The maximum absolute atomic E-state index is 5.05. The molecule has 1 aliphatic carbocycles. The molecule has 1 N–H and O–H groups in total. The van der Waals surface area contributed by atoms with Crippen molar-refractivity contribution >= 4 is 11.0 Å². The van der Waals surface area contributed by atoms with Crippen LogP contribution in [0.4, 0.5) is 0 Å². The molecule has 1 atom stereocenters. The van der Waals surface area contributed by atoms with Crippen LogP contribution in [0.25, 0.3) is 11.0 Å². The minimum absolute atomic E-state index is 0.382. The quantitative estimate of drug-likeness (QED) is 0.718. The fraction of sp³-hybridized carbons (Fsp3) is 0.500. The van der Waals surface area contributed by atoms with Crippen LogP contribution in [-0.2, 0) is 19.5 Å². The van der Waals surface area contributed by atoms with Crippen molar-refractivity contribution in [1.82, 2.24) is 24.8 Å². The normalized spacial score (nSPS) is 20.3. The predicted octanol–water partition coefficient (Wildman–Crippen LogP) is 3.94. The van der Waals surface area contributed by atoms with Gasteiger partial charge in [-0.2, -0.15) is 0 Å². The van der Waals surface area contributed by atoms with Gasteiger partial charge in [-0.05, 0) is 81.9 Å². The molecule has 1 unspecified atom stereocenters. The Kier molecular flexibility index (Phi) is 5.34. The highest BCUT2D eigenvalue weighted by Crippen LogP contribution is 2.33. The number of benzene rings is 1. The summed E-state index contributed by atoms with van der Waals surface area (Å²) in [5, 5.41) is 3.49. The van der Waals surface area contributed by atoms with E-state index < -0.39 is 0 Å². The Bertz CT molecular complexity index is 972. The van der Waals surface area contributed by atoms with E-state index in [0.29, 0.717) is 6.04 Å². The molecular formula is C24H31N5. The number of nitrogens with one attached hydrogen (secondary N) is 1. The number of pyridine rings is 1. The van der Waals surface area contributed by atoms with E-state index in [1.165, 1.54) is 48.3 Å². The zero-order valence-electron chi connectivity index (χ0n) is 17.3. The third-order valence-electron chi connectivity index (χ3n) is 6.72. The predicted molar refractivity (Wildman–Crippen MR) is 117 cm³/mol. The molecule has 0 radical (unpaired) electrons. The maximum atomic E-state index is 5.05. The standard InChI is InChI=1S/C24H31N5/c1-28(22-10-4-6-19-7-5-13-26-24(19)22)17-23-27-20-8-2-3-9-21(20)29(23)16-18-11-14-25-15-12-18/h2-3,5,7-9,13,18,22,25H,4,6,10-12,14-17H2,1H3. The highest BCUT2D eigenvalue weighted by Gasteiger charge is 2.26. The van der Waals surface area contributed by atoms with E-state index in [1.54, 1.807) is 0 Å². The first-order valence-corrected chi connectivity index (χ1v) is 11.1. The maximum Gasteiger partial charge on any atom is 0.124 e. The van der Waals surface area contributed by atoms with Crippen LogP contribution in [0.3, 0.4) is 0 Å². The molecule has 29 heavy (non-hydrogen) atoms. The van der Waals surface area contributed by atoms with E-state index in [-0.39, 0.29) is 0 Å². The minimum Gasteiger partial charge on any atom is -0.327 e. The summed E-state index contributed by atoms with van der Waals surface area (Å²) in [7, 11) is 2.24. The molecule has 5 rings (SSSR count). The lowest BCUT2D eigenvalue weighted by molar-refractivity contribution is 0.199. The summed E-state index contributed by atoms with van der Waals surface area (Å²) in [5.74, 6) is 1.92. The molecular weight excluding hydrogens is 358 g/mol. The van der Waals surface area contributed by atoms with Gasteiger partial charge in [-0.25, -0.2) is 4.98 Å². The van der Waals surface area contributed by atoms with Gasteiger partial charge in [-0.3, -0.25) is 9.88 Å². The molecule has 2 aromatic heterocycles. The zero-order valence-corrected chi connectivity index (χ0v) is 17.3. The Balaban J connectivity index is 1.43. The van der Waals surface area contributed by atoms with E-state index in [4.69, 9.17) is 9.97 Å². The van der Waals surface area contributed by atoms with Gasteiger partial charge in [0.1, 0.15) is 5.82 Å². The number of aromatic nitrogens is 3. The van der Waals surface area contributed by atoms with Crippen LogP contribution in [0.2, 0.25) is 0 Å². The number of nitrogens with zero attached hydrogens (tertiary/aromatic N) is 4. The van der Waals surface area contributed by atoms with Gasteiger partial charge in [-0.1, -0.05) is 18.2 Å². The van der Waals surface area contributed by atoms with Crippen LogP contribution in [0.5, 0.6) is 0 Å². The van der Waals surface area contributed by atoms with Gasteiger partial charge < -0.3 is 9.88 Å². The highest BCUT2D eigenvalue weighted by molar-refractivity contribution is 5.75. The van der Waals surface area contributed by atoms with Crippen molar-refractivity contribution in [1.29, 1.82) is 0 Å². The largest absolute Gasteiger partial charge is 0.327 e. The summed E-state index contributed by atoms with van der Waals surface area (Å²) in [5.41, 5.74) is 5.07. The summed E-state index contributed by atoms with van der Waals surface area (Å²) in [6, 6.07) is 13.3. The van der Waals surface area contributed by atoms with E-state index in [9.17, 15) is 0 Å². The van der Waals surface area contributed by atoms with Gasteiger partial charge in [0.15, 0.2) is 0 Å². The molecule has 0 saturated carbocycles. The number of piperidine rings is 1. The molecule has 2 aliphatic rings. The number of imidazole rings is 1. The molecule has 3 heterocycles. The molecule has 0 spiro atoms. The van der Waals surface area contributed by atoms with Crippen molar-refractivity contribution in [3.8, 4) is 0 Å². The van der Waals surface area contributed by atoms with Gasteiger partial charge in [0.05, 0.1) is 29.3 Å². The third kappa shape index (κ3) is 3.81. The summed E-state index contributed by atoms with van der Waals surface area (Å²) in [6.45, 7) is 4.21. The minimum atomic E-state index is 0.382. The second-order valence-corrected chi connectivity index (χ2v) is 8.69. The lowest BCUT2D eigenvalue weighted by atomic mass is 9.91. The summed E-state index contributed by atoms with van der Waals surface area (Å²) in [4.78, 5) is 12.3. The van der Waals surface area contributed by atoms with Crippen molar-refractivity contribution < 1.29 is 0 Å². The van der Waals surface area contributed by atoms with Crippen molar-refractivity contribution in [2.75, 3.05) is 20.1 Å². The first kappa shape index (κ1) is 18.8. The molecule has 1 aromatic carbocycles. The van der Waals surface area contributed by atoms with Crippen molar-refractivity contribution in [3.05, 3.63) is 59.7 Å². The Morgan fingerprint density at radius 3 is 2.86 bits per heavy atom. The van der Waals surface area contributed by atoms with Gasteiger partial charge in [0, 0.05) is 12.7 Å². The molecule has 3 aromatic rings. The molecule has 5 heteroatoms. The molecule has 5 nitrogen and oxygen atoms in total. The first-order valence-electron chi connectivity index (χ1n) is 11.1. The second-order valence-electron chi connectivity index (χ2n) is 8.69. The number of rotatable bonds is 5. The van der Waals surface area contributed by atoms with Crippen LogP contribution in [0.1, 0.15) is 48.8 Å². The fourth-order valence-corrected chi connectivity index (χ4v) is 5.12. The Hall–Kier alpha value is -2.24. The fourth-order valence-electron chi connectivity index (χ4n) is 5.12. The van der Waals surface area contributed by atoms with E-state index in [0.717, 1.165) is 44.0 Å². The number of hydrogen-bond acceptors (Lipinski definition) is 4. The van der Waals surface area contributed by atoms with Crippen LogP contribution in [-0.4, -0.2) is 39.6 Å².